The van der Waals surface area contributed by atoms with E-state index in [0.29, 0.717) is 11.4 Å². The van der Waals surface area contributed by atoms with Crippen molar-refractivity contribution in [3.05, 3.63) is 0 Å². The first kappa shape index (κ1) is 13.3. The largest absolute Gasteiger partial charge is 0.393 e. The smallest absolute Gasteiger partial charge is 0.223 e. The highest BCUT2D eigenvalue weighted by Crippen LogP contribution is 1.98. The maximum absolute atomic E-state index is 11.2. The molecule has 0 fully saturated rings. The van der Waals surface area contributed by atoms with Crippen molar-refractivity contribution in [3.63, 3.8) is 0 Å². The molecule has 0 bridgehead atoms. The van der Waals surface area contributed by atoms with Gasteiger partial charge in [0, 0.05) is 32.5 Å². The molecule has 0 saturated heterocycles. The van der Waals surface area contributed by atoms with Crippen molar-refractivity contribution in [2.24, 2.45) is 11.7 Å². The van der Waals surface area contributed by atoms with E-state index in [2.05, 4.69) is 10.2 Å². The van der Waals surface area contributed by atoms with Gasteiger partial charge in [-0.1, -0.05) is 19.1 Å². The second-order valence-electron chi connectivity index (χ2n) is 3.49. The predicted octanol–water partition coefficient (Wildman–Crippen LogP) is -0.0235. The topological polar surface area (TPSA) is 58.4 Å². The lowest BCUT2D eigenvalue weighted by Gasteiger charge is -2.19. The quantitative estimate of drug-likeness (QED) is 0.614. The predicted molar refractivity (Wildman–Crippen MR) is 62.1 cm³/mol. The molecule has 0 aliphatic heterocycles. The van der Waals surface area contributed by atoms with Crippen LogP contribution in [0.1, 0.15) is 13.3 Å². The van der Waals surface area contributed by atoms with Gasteiger partial charge in [0.2, 0.25) is 5.91 Å². The molecule has 0 aliphatic rings. The zero-order chi connectivity index (χ0) is 11.1. The molecule has 0 heterocycles. The van der Waals surface area contributed by atoms with Crippen molar-refractivity contribution in [3.8, 4) is 0 Å². The molecular weight excluding hydrogens is 198 g/mol. The molecule has 0 aliphatic carbocycles. The number of rotatable bonds is 6. The second kappa shape index (κ2) is 6.73. The van der Waals surface area contributed by atoms with Crippen molar-refractivity contribution in [2.75, 3.05) is 27.2 Å². The SMILES string of the molecule is CNC(=O)C(C)CN(C)CCC(N)=S. The molecule has 0 spiro atoms. The van der Waals surface area contributed by atoms with Crippen LogP contribution in [0, 0.1) is 5.92 Å². The zero-order valence-electron chi connectivity index (χ0n) is 9.04. The maximum atomic E-state index is 11.2. The van der Waals surface area contributed by atoms with Crippen LogP contribution in [0.4, 0.5) is 0 Å². The number of nitrogens with zero attached hydrogens (tertiary/aromatic N) is 1. The summed E-state index contributed by atoms with van der Waals surface area (Å²) in [6.07, 6.45) is 0.701. The average molecular weight is 217 g/mol. The lowest BCUT2D eigenvalue weighted by atomic mass is 10.1. The summed E-state index contributed by atoms with van der Waals surface area (Å²) in [6.45, 7) is 3.43. The van der Waals surface area contributed by atoms with Gasteiger partial charge >= 0.3 is 0 Å². The molecule has 0 aromatic carbocycles. The van der Waals surface area contributed by atoms with Crippen LogP contribution in [0.25, 0.3) is 0 Å². The summed E-state index contributed by atoms with van der Waals surface area (Å²) >= 11 is 4.77. The van der Waals surface area contributed by atoms with Crippen molar-refractivity contribution in [2.45, 2.75) is 13.3 Å². The van der Waals surface area contributed by atoms with Crippen LogP contribution in [0.5, 0.6) is 0 Å². The summed E-state index contributed by atoms with van der Waals surface area (Å²) in [6, 6.07) is 0. The fraction of sp³-hybridized carbons (Fsp3) is 0.778. The molecule has 1 atom stereocenters. The molecule has 1 amide bonds. The molecule has 0 rings (SSSR count). The van der Waals surface area contributed by atoms with E-state index in [9.17, 15) is 4.79 Å². The third kappa shape index (κ3) is 5.88. The summed E-state index contributed by atoms with van der Waals surface area (Å²) in [5.41, 5.74) is 5.38. The summed E-state index contributed by atoms with van der Waals surface area (Å²) in [5.74, 6) is 0.0588. The molecule has 0 saturated carbocycles. The lowest BCUT2D eigenvalue weighted by molar-refractivity contribution is -0.124. The Bertz CT molecular complexity index is 208. The summed E-state index contributed by atoms with van der Waals surface area (Å²) < 4.78 is 0. The van der Waals surface area contributed by atoms with Crippen molar-refractivity contribution >= 4 is 23.1 Å². The Morgan fingerprint density at radius 1 is 1.64 bits per heavy atom. The standard InChI is InChI=1S/C9H19N3OS/c1-7(9(13)11-2)6-12(3)5-4-8(10)14/h7H,4-6H2,1-3H3,(H2,10,14)(H,11,13). The van der Waals surface area contributed by atoms with Crippen LogP contribution in [0.15, 0.2) is 0 Å². The van der Waals surface area contributed by atoms with E-state index in [1.54, 1.807) is 7.05 Å². The third-order valence-corrected chi connectivity index (χ3v) is 2.22. The summed E-state index contributed by atoms with van der Waals surface area (Å²) in [5, 5.41) is 2.62. The molecule has 0 radical (unpaired) electrons. The van der Waals surface area contributed by atoms with E-state index in [1.165, 1.54) is 0 Å². The number of amides is 1. The van der Waals surface area contributed by atoms with Gasteiger partial charge in [-0.15, -0.1) is 0 Å². The summed E-state index contributed by atoms with van der Waals surface area (Å²) in [4.78, 5) is 13.8. The van der Waals surface area contributed by atoms with Gasteiger partial charge in [0.05, 0.1) is 4.99 Å². The second-order valence-corrected chi connectivity index (χ2v) is 4.02. The minimum atomic E-state index is -0.00338. The molecule has 5 heteroatoms. The Morgan fingerprint density at radius 2 is 2.21 bits per heavy atom. The molecule has 0 aromatic heterocycles. The van der Waals surface area contributed by atoms with E-state index in [4.69, 9.17) is 18.0 Å². The zero-order valence-corrected chi connectivity index (χ0v) is 9.86. The highest BCUT2D eigenvalue weighted by atomic mass is 32.1. The summed E-state index contributed by atoms with van der Waals surface area (Å²) in [7, 11) is 3.60. The molecule has 82 valence electrons. The Morgan fingerprint density at radius 3 is 2.64 bits per heavy atom. The number of carbonyl (C=O) groups excluding carboxylic acids is 1. The van der Waals surface area contributed by atoms with Gasteiger partial charge < -0.3 is 16.0 Å². The van der Waals surface area contributed by atoms with Crippen LogP contribution < -0.4 is 11.1 Å². The first-order chi connectivity index (χ1) is 6.47. The van der Waals surface area contributed by atoms with Gasteiger partial charge in [0.15, 0.2) is 0 Å². The number of nitrogens with one attached hydrogen (secondary N) is 1. The van der Waals surface area contributed by atoms with E-state index in [-0.39, 0.29) is 11.8 Å². The molecule has 1 unspecified atom stereocenters. The van der Waals surface area contributed by atoms with Gasteiger partial charge in [-0.3, -0.25) is 4.79 Å². The van der Waals surface area contributed by atoms with Crippen molar-refractivity contribution in [1.29, 1.82) is 0 Å². The lowest BCUT2D eigenvalue weighted by Crippen LogP contribution is -2.35. The molecule has 3 N–H and O–H groups in total. The van der Waals surface area contributed by atoms with Crippen molar-refractivity contribution in [1.82, 2.24) is 10.2 Å². The first-order valence-corrected chi connectivity index (χ1v) is 5.06. The minimum absolute atomic E-state index is 0.00338. The van der Waals surface area contributed by atoms with Crippen LogP contribution in [0.2, 0.25) is 0 Å². The molecule has 4 nitrogen and oxygen atoms in total. The van der Waals surface area contributed by atoms with E-state index in [0.717, 1.165) is 13.1 Å². The number of hydrogen-bond acceptors (Lipinski definition) is 3. The van der Waals surface area contributed by atoms with Crippen LogP contribution in [0.3, 0.4) is 0 Å². The van der Waals surface area contributed by atoms with Gasteiger partial charge in [0.25, 0.3) is 0 Å². The number of hydrogen-bond donors (Lipinski definition) is 2. The van der Waals surface area contributed by atoms with Crippen LogP contribution >= 0.6 is 12.2 Å². The normalized spacial score (nSPS) is 12.6. The fourth-order valence-electron chi connectivity index (χ4n) is 1.19. The number of carbonyl (C=O) groups is 1. The van der Waals surface area contributed by atoms with Crippen LogP contribution in [-0.2, 0) is 4.79 Å². The number of thiocarbonyl (C=S) groups is 1. The fourth-order valence-corrected chi connectivity index (χ4v) is 1.28. The van der Waals surface area contributed by atoms with Crippen molar-refractivity contribution < 1.29 is 4.79 Å². The van der Waals surface area contributed by atoms with Gasteiger partial charge in [0.1, 0.15) is 0 Å². The van der Waals surface area contributed by atoms with Gasteiger partial charge in [-0.2, -0.15) is 0 Å². The maximum Gasteiger partial charge on any atom is 0.223 e. The van der Waals surface area contributed by atoms with Crippen LogP contribution in [-0.4, -0.2) is 43.0 Å². The Hall–Kier alpha value is -0.680. The van der Waals surface area contributed by atoms with E-state index >= 15 is 0 Å². The average Bonchev–Trinajstić information content (AvgIpc) is 2.13. The molecule has 0 aromatic rings. The third-order valence-electron chi connectivity index (χ3n) is 2.02. The molecular formula is C9H19N3OS. The monoisotopic (exact) mass is 217 g/mol. The van der Waals surface area contributed by atoms with E-state index < -0.39 is 0 Å². The Balaban J connectivity index is 3.76. The minimum Gasteiger partial charge on any atom is -0.393 e. The Kier molecular flexibility index (Phi) is 6.40. The highest BCUT2D eigenvalue weighted by Gasteiger charge is 2.13. The molecule has 14 heavy (non-hydrogen) atoms. The first-order valence-electron chi connectivity index (χ1n) is 4.65. The number of nitrogens with two attached hydrogens (primary N) is 1. The van der Waals surface area contributed by atoms with Gasteiger partial charge in [-0.25, -0.2) is 0 Å². The van der Waals surface area contributed by atoms with E-state index in [1.807, 2.05) is 14.0 Å². The Labute approximate surface area is 90.8 Å². The highest BCUT2D eigenvalue weighted by molar-refractivity contribution is 7.80. The van der Waals surface area contributed by atoms with Gasteiger partial charge in [-0.05, 0) is 7.05 Å².